The Balaban J connectivity index is 1.22. The molecule has 0 atom stereocenters. The average molecular weight is 784 g/mol. The van der Waals surface area contributed by atoms with Crippen molar-refractivity contribution in [1.82, 2.24) is 0 Å². The lowest BCUT2D eigenvalue weighted by molar-refractivity contribution is 0.443. The van der Waals surface area contributed by atoms with Gasteiger partial charge < -0.3 is 4.90 Å². The Morgan fingerprint density at radius 3 is 2.07 bits per heavy atom. The van der Waals surface area contributed by atoms with Crippen LogP contribution in [0.15, 0.2) is 144 Å². The second-order valence-corrected chi connectivity index (χ2v) is 19.9. The zero-order chi connectivity index (χ0) is 41.0. The topological polar surface area (TPSA) is 3.24 Å². The van der Waals surface area contributed by atoms with Gasteiger partial charge in [-0.2, -0.15) is 0 Å². The van der Waals surface area contributed by atoms with Gasteiger partial charge in [-0.3, -0.25) is 0 Å². The van der Waals surface area contributed by atoms with E-state index in [-0.39, 0.29) is 10.8 Å². The third kappa shape index (κ3) is 6.91. The van der Waals surface area contributed by atoms with Crippen molar-refractivity contribution in [3.63, 3.8) is 0 Å². The first kappa shape index (κ1) is 38.9. The average Bonchev–Trinajstić information content (AvgIpc) is 3.51. The molecule has 302 valence electrons. The van der Waals surface area contributed by atoms with Crippen LogP contribution >= 0.6 is 0 Å². The first-order valence-electron chi connectivity index (χ1n) is 23.2. The second kappa shape index (κ2) is 15.6. The van der Waals surface area contributed by atoms with Gasteiger partial charge in [-0.15, -0.1) is 0 Å². The summed E-state index contributed by atoms with van der Waals surface area (Å²) in [5.41, 5.74) is 25.9. The first-order chi connectivity index (χ1) is 29.2. The maximum Gasteiger partial charge on any atom is 0.0543 e. The highest BCUT2D eigenvalue weighted by Crippen LogP contribution is 2.54. The molecule has 1 heteroatoms. The fraction of sp³-hybridized carbons (Fsp3) is 0.356. The highest BCUT2D eigenvalue weighted by atomic mass is 15.2. The van der Waals surface area contributed by atoms with Gasteiger partial charge in [-0.05, 0) is 142 Å². The normalized spacial score (nSPS) is 19.0. The summed E-state index contributed by atoms with van der Waals surface area (Å²) in [4.78, 5) is 2.64. The van der Waals surface area contributed by atoms with Crippen LogP contribution < -0.4 is 4.90 Å². The van der Waals surface area contributed by atoms with Gasteiger partial charge in [0.2, 0.25) is 0 Å². The molecule has 2 fully saturated rings. The number of fused-ring (bicyclic) bond motifs is 3. The molecule has 5 aromatic rings. The molecule has 60 heavy (non-hydrogen) atoms. The maximum absolute atomic E-state index is 3.49. The summed E-state index contributed by atoms with van der Waals surface area (Å²) in [5.74, 6) is 1.27. The molecule has 5 aromatic carbocycles. The summed E-state index contributed by atoms with van der Waals surface area (Å²) in [6.45, 7) is 12.0. The van der Waals surface area contributed by atoms with E-state index in [1.165, 1.54) is 137 Å². The summed E-state index contributed by atoms with van der Waals surface area (Å²) in [6, 6.07) is 38.1. The van der Waals surface area contributed by atoms with Gasteiger partial charge in [-0.25, -0.2) is 0 Å². The van der Waals surface area contributed by atoms with Crippen LogP contribution in [0.5, 0.6) is 0 Å². The van der Waals surface area contributed by atoms with Crippen molar-refractivity contribution in [2.24, 2.45) is 0 Å². The molecule has 0 amide bonds. The largest absolute Gasteiger partial charge is 0.313 e. The molecule has 0 radical (unpaired) electrons. The van der Waals surface area contributed by atoms with Crippen LogP contribution in [0.1, 0.15) is 157 Å². The van der Waals surface area contributed by atoms with Crippen LogP contribution in [0.2, 0.25) is 0 Å². The van der Waals surface area contributed by atoms with Crippen LogP contribution in [0.3, 0.4) is 0 Å². The van der Waals surface area contributed by atoms with E-state index < -0.39 is 0 Å². The summed E-state index contributed by atoms with van der Waals surface area (Å²) in [6.07, 6.45) is 24.1. The van der Waals surface area contributed by atoms with Crippen molar-refractivity contribution in [2.75, 3.05) is 4.90 Å². The highest BCUT2D eigenvalue weighted by Gasteiger charge is 2.40. The van der Waals surface area contributed by atoms with E-state index in [1.54, 1.807) is 11.1 Å². The van der Waals surface area contributed by atoms with Gasteiger partial charge in [0.05, 0.1) is 11.4 Å². The Bertz CT molecular complexity index is 2690. The molecular weight excluding hydrogens is 723 g/mol. The molecule has 0 heterocycles. The predicted octanol–water partition coefficient (Wildman–Crippen LogP) is 16.7. The third-order valence-electron chi connectivity index (χ3n) is 14.8. The third-order valence-corrected chi connectivity index (χ3v) is 14.8. The monoisotopic (exact) mass is 783 g/mol. The van der Waals surface area contributed by atoms with Crippen molar-refractivity contribution in [3.05, 3.63) is 177 Å². The Morgan fingerprint density at radius 1 is 0.650 bits per heavy atom. The molecule has 0 aromatic heterocycles. The number of anilines is 2. The van der Waals surface area contributed by atoms with E-state index in [2.05, 4.69) is 166 Å². The van der Waals surface area contributed by atoms with Gasteiger partial charge in [0.15, 0.2) is 0 Å². The van der Waals surface area contributed by atoms with Crippen LogP contribution in [0.4, 0.5) is 11.4 Å². The zero-order valence-electron chi connectivity index (χ0n) is 36.6. The summed E-state index contributed by atoms with van der Waals surface area (Å²) in [5, 5.41) is 2.80. The lowest BCUT2D eigenvalue weighted by Crippen LogP contribution is -2.23. The lowest BCUT2D eigenvalue weighted by atomic mass is 9.77. The van der Waals surface area contributed by atoms with Crippen molar-refractivity contribution >= 4 is 33.3 Å². The van der Waals surface area contributed by atoms with Gasteiger partial charge in [0, 0.05) is 27.8 Å². The Hall–Kier alpha value is -5.32. The number of rotatable bonds is 7. The minimum Gasteiger partial charge on any atom is -0.313 e. The second-order valence-electron chi connectivity index (χ2n) is 19.9. The van der Waals surface area contributed by atoms with E-state index in [4.69, 9.17) is 0 Å². The van der Waals surface area contributed by atoms with Gasteiger partial charge in [-0.1, -0.05) is 175 Å². The van der Waals surface area contributed by atoms with E-state index in [0.29, 0.717) is 11.8 Å². The smallest absolute Gasteiger partial charge is 0.0543 e. The van der Waals surface area contributed by atoms with E-state index >= 15 is 0 Å². The molecular formula is C59H61N. The number of hydrogen-bond acceptors (Lipinski definition) is 1. The molecule has 5 aliphatic rings. The van der Waals surface area contributed by atoms with Crippen LogP contribution in [0, 0.1) is 0 Å². The fourth-order valence-electron chi connectivity index (χ4n) is 11.6. The lowest BCUT2D eigenvalue weighted by Gasteiger charge is -2.35. The van der Waals surface area contributed by atoms with Crippen LogP contribution in [0.25, 0.3) is 33.0 Å². The SMILES string of the molecule is CC(C)(C)c1cc(-c2ccccc2N(C2=CC3=C(CC2)C(C)(C)c2ccc(C4CCCCC4)cc23)c2ccccc2C2=C=C=CC=C2)c2c(C3CCCCC3)cccc2c1. The minimum atomic E-state index is -0.00141. The number of hydrogen-bond donors (Lipinski definition) is 0. The molecule has 0 N–H and O–H groups in total. The summed E-state index contributed by atoms with van der Waals surface area (Å²) >= 11 is 0. The van der Waals surface area contributed by atoms with Crippen molar-refractivity contribution in [1.29, 1.82) is 0 Å². The quantitative estimate of drug-likeness (QED) is 0.149. The maximum atomic E-state index is 3.49. The molecule has 0 bridgehead atoms. The molecule has 0 aliphatic heterocycles. The van der Waals surface area contributed by atoms with Crippen molar-refractivity contribution in [3.8, 4) is 11.1 Å². The molecule has 5 aliphatic carbocycles. The van der Waals surface area contributed by atoms with E-state index in [9.17, 15) is 0 Å². The zero-order valence-corrected chi connectivity index (χ0v) is 36.6. The molecule has 0 spiro atoms. The van der Waals surface area contributed by atoms with Gasteiger partial charge >= 0.3 is 0 Å². The van der Waals surface area contributed by atoms with Gasteiger partial charge in [0.25, 0.3) is 0 Å². The van der Waals surface area contributed by atoms with Crippen LogP contribution in [-0.4, -0.2) is 0 Å². The standard InChI is InChI=1S/C59H61N/c1-58(2,3)45-36-44-26-19-29-48(42-24-13-8-14-25-42)57(44)52(38-45)49-28-16-18-31-56(49)60(55-30-17-15-27-47(55)41-22-11-7-12-23-41)46-33-35-54-51(39-46)50-37-43(40-20-9-6-10-21-40)32-34-53(50)59(54,4)5/h7,11,15-19,22,26-32,34,36-40,42H,6,8-10,13-14,20-21,24-25,33,35H2,1-5H3. The van der Waals surface area contributed by atoms with Crippen molar-refractivity contribution in [2.45, 2.75) is 134 Å². The fourth-order valence-corrected chi connectivity index (χ4v) is 11.6. The van der Waals surface area contributed by atoms with E-state index in [0.717, 1.165) is 18.4 Å². The van der Waals surface area contributed by atoms with Crippen LogP contribution in [-0.2, 0) is 10.8 Å². The Kier molecular flexibility index (Phi) is 10.1. The van der Waals surface area contributed by atoms with Crippen molar-refractivity contribution < 1.29 is 0 Å². The molecule has 2 saturated carbocycles. The Morgan fingerprint density at radius 2 is 1.35 bits per heavy atom. The summed E-state index contributed by atoms with van der Waals surface area (Å²) < 4.78 is 0. The number of allylic oxidation sites excluding steroid dienone is 8. The van der Waals surface area contributed by atoms with E-state index in [1.807, 2.05) is 6.08 Å². The Labute approximate surface area is 359 Å². The number of benzene rings is 5. The molecule has 0 saturated heterocycles. The minimum absolute atomic E-state index is 0.00141. The molecule has 1 nitrogen and oxygen atoms in total. The number of para-hydroxylation sites is 2. The summed E-state index contributed by atoms with van der Waals surface area (Å²) in [7, 11) is 0. The highest BCUT2D eigenvalue weighted by molar-refractivity contribution is 6.04. The molecule has 10 rings (SSSR count). The molecule has 0 unspecified atom stereocenters. The number of nitrogens with zero attached hydrogens (tertiary/aromatic N) is 1. The van der Waals surface area contributed by atoms with Gasteiger partial charge in [0.1, 0.15) is 0 Å². The first-order valence-corrected chi connectivity index (χ1v) is 23.2. The predicted molar refractivity (Wildman–Crippen MR) is 256 cm³/mol.